The lowest BCUT2D eigenvalue weighted by Crippen LogP contribution is -1.83. The minimum Gasteiger partial charge on any atom is -0.354 e. The van der Waals surface area contributed by atoms with Crippen LogP contribution in [0.2, 0.25) is 0 Å². The molecule has 0 aliphatic carbocycles. The number of H-pyrrole nitrogens is 2. The molecule has 122 valence electrons. The van der Waals surface area contributed by atoms with Gasteiger partial charge in [-0.3, -0.25) is 9.97 Å². The highest BCUT2D eigenvalue weighted by Crippen LogP contribution is 2.31. The molecule has 4 heteroatoms. The van der Waals surface area contributed by atoms with Gasteiger partial charge in [0.05, 0.1) is 22.2 Å². The number of aromatic nitrogens is 4. The van der Waals surface area contributed by atoms with Gasteiger partial charge in [0.2, 0.25) is 0 Å². The predicted octanol–water partition coefficient (Wildman–Crippen LogP) is 5.41. The van der Waals surface area contributed by atoms with Gasteiger partial charge < -0.3 is 9.97 Å². The summed E-state index contributed by atoms with van der Waals surface area (Å²) in [6, 6.07) is 20.8. The molecule has 4 nitrogen and oxygen atoms in total. The molecule has 0 saturated carbocycles. The summed E-state index contributed by atoms with van der Waals surface area (Å²) >= 11 is 0. The first-order valence-corrected chi connectivity index (χ1v) is 8.60. The molecule has 6 aromatic rings. The van der Waals surface area contributed by atoms with Crippen molar-refractivity contribution in [3.8, 4) is 11.3 Å². The fraction of sp³-hybridized carbons (Fsp3) is 0. The number of fused-ring (bicyclic) bond motifs is 6. The van der Waals surface area contributed by atoms with Crippen LogP contribution >= 0.6 is 0 Å². The molecular formula is C22H14N4. The van der Waals surface area contributed by atoms with E-state index >= 15 is 0 Å². The minimum atomic E-state index is 0.955. The maximum atomic E-state index is 4.72. The molecule has 4 heterocycles. The smallest absolute Gasteiger partial charge is 0.0957 e. The fourth-order valence-electron chi connectivity index (χ4n) is 3.78. The van der Waals surface area contributed by atoms with Gasteiger partial charge in [-0.2, -0.15) is 0 Å². The molecule has 0 amide bonds. The molecule has 4 aromatic heterocycles. The van der Waals surface area contributed by atoms with Crippen LogP contribution in [0.3, 0.4) is 0 Å². The first-order chi connectivity index (χ1) is 12.9. The van der Waals surface area contributed by atoms with Crippen LogP contribution in [0.4, 0.5) is 0 Å². The number of rotatable bonds is 1. The first-order valence-electron chi connectivity index (χ1n) is 8.60. The van der Waals surface area contributed by atoms with Gasteiger partial charge in [-0.25, -0.2) is 0 Å². The van der Waals surface area contributed by atoms with Crippen LogP contribution < -0.4 is 0 Å². The lowest BCUT2D eigenvalue weighted by Gasteiger charge is -2.02. The van der Waals surface area contributed by atoms with Crippen molar-refractivity contribution in [2.24, 2.45) is 0 Å². The quantitative estimate of drug-likeness (QED) is 0.422. The largest absolute Gasteiger partial charge is 0.354 e. The number of nitrogens with one attached hydrogen (secondary N) is 2. The van der Waals surface area contributed by atoms with Crippen LogP contribution in [0.1, 0.15) is 0 Å². The predicted molar refractivity (Wildman–Crippen MR) is 106 cm³/mol. The second kappa shape index (κ2) is 4.92. The lowest BCUT2D eigenvalue weighted by atomic mass is 10.1. The van der Waals surface area contributed by atoms with Gasteiger partial charge in [-0.05, 0) is 36.4 Å². The van der Waals surface area contributed by atoms with Crippen molar-refractivity contribution in [3.05, 3.63) is 73.1 Å². The van der Waals surface area contributed by atoms with Gasteiger partial charge in [0.1, 0.15) is 0 Å². The summed E-state index contributed by atoms with van der Waals surface area (Å²) in [5, 5.41) is 3.48. The van der Waals surface area contributed by atoms with E-state index in [0.29, 0.717) is 0 Å². The van der Waals surface area contributed by atoms with Crippen LogP contribution in [-0.4, -0.2) is 19.9 Å². The summed E-state index contributed by atoms with van der Waals surface area (Å²) in [5.41, 5.74) is 7.43. The first kappa shape index (κ1) is 13.6. The third-order valence-electron chi connectivity index (χ3n) is 5.04. The Morgan fingerprint density at radius 1 is 0.615 bits per heavy atom. The fourth-order valence-corrected chi connectivity index (χ4v) is 3.78. The van der Waals surface area contributed by atoms with Crippen molar-refractivity contribution in [2.75, 3.05) is 0 Å². The molecule has 0 aliphatic heterocycles. The number of nitrogens with zero attached hydrogens (tertiary/aromatic N) is 2. The Labute approximate surface area is 148 Å². The molecule has 0 atom stereocenters. The molecule has 0 radical (unpaired) electrons. The van der Waals surface area contributed by atoms with Gasteiger partial charge in [-0.15, -0.1) is 0 Å². The summed E-state index contributed by atoms with van der Waals surface area (Å²) in [6.07, 6.45) is 3.79. The second-order valence-electron chi connectivity index (χ2n) is 6.57. The number of hydrogen-bond acceptors (Lipinski definition) is 2. The molecule has 0 aliphatic rings. The summed E-state index contributed by atoms with van der Waals surface area (Å²) in [4.78, 5) is 16.2. The lowest BCUT2D eigenvalue weighted by molar-refractivity contribution is 1.35. The highest BCUT2D eigenvalue weighted by atomic mass is 14.8. The van der Waals surface area contributed by atoms with Crippen molar-refractivity contribution in [1.82, 2.24) is 19.9 Å². The number of aromatic amines is 2. The summed E-state index contributed by atoms with van der Waals surface area (Å²) in [6.45, 7) is 0. The Balaban J connectivity index is 1.59. The zero-order valence-corrected chi connectivity index (χ0v) is 13.8. The van der Waals surface area contributed by atoms with E-state index in [1.54, 1.807) is 0 Å². The minimum absolute atomic E-state index is 0.955. The monoisotopic (exact) mass is 334 g/mol. The van der Waals surface area contributed by atoms with E-state index in [-0.39, 0.29) is 0 Å². The standard InChI is InChI=1S/C22H14N4/c1-2-5-17-14(4-1)16-12-24-20(11-21(16)26-17)13-7-8-18-15(10-13)22-19(25-18)6-3-9-23-22/h1-12,25-26H. The average Bonchev–Trinajstić information content (AvgIpc) is 3.25. The van der Waals surface area contributed by atoms with Crippen molar-refractivity contribution in [2.45, 2.75) is 0 Å². The Kier molecular flexibility index (Phi) is 2.58. The third-order valence-corrected chi connectivity index (χ3v) is 5.04. The van der Waals surface area contributed by atoms with E-state index in [1.807, 2.05) is 24.5 Å². The Morgan fingerprint density at radius 2 is 1.46 bits per heavy atom. The number of benzene rings is 2. The SMILES string of the molecule is c1ccc2c(c1)[nH]c1cc(-c3ccc4[nH]c5cccnc5c4c3)ncc12. The van der Waals surface area contributed by atoms with Gasteiger partial charge in [0.15, 0.2) is 0 Å². The number of pyridine rings is 2. The van der Waals surface area contributed by atoms with Crippen molar-refractivity contribution >= 4 is 43.7 Å². The van der Waals surface area contributed by atoms with Gasteiger partial charge >= 0.3 is 0 Å². The zero-order valence-electron chi connectivity index (χ0n) is 13.8. The summed E-state index contributed by atoms with van der Waals surface area (Å²) in [7, 11) is 0. The van der Waals surface area contributed by atoms with E-state index in [1.165, 1.54) is 5.39 Å². The molecule has 6 rings (SSSR count). The third kappa shape index (κ3) is 1.84. The number of para-hydroxylation sites is 1. The maximum absolute atomic E-state index is 4.72. The van der Waals surface area contributed by atoms with E-state index < -0.39 is 0 Å². The molecule has 0 spiro atoms. The highest BCUT2D eigenvalue weighted by molar-refractivity contribution is 6.08. The normalized spacial score (nSPS) is 11.8. The van der Waals surface area contributed by atoms with Crippen molar-refractivity contribution in [1.29, 1.82) is 0 Å². The van der Waals surface area contributed by atoms with Crippen LogP contribution in [-0.2, 0) is 0 Å². The molecule has 0 saturated heterocycles. The van der Waals surface area contributed by atoms with E-state index in [4.69, 9.17) is 4.98 Å². The van der Waals surface area contributed by atoms with E-state index in [2.05, 4.69) is 63.5 Å². The molecule has 2 aromatic carbocycles. The molecule has 0 fully saturated rings. The van der Waals surface area contributed by atoms with Gasteiger partial charge in [0.25, 0.3) is 0 Å². The molecule has 26 heavy (non-hydrogen) atoms. The average molecular weight is 334 g/mol. The zero-order chi connectivity index (χ0) is 17.1. The topological polar surface area (TPSA) is 57.4 Å². The Bertz CT molecular complexity index is 1440. The van der Waals surface area contributed by atoms with Crippen LogP contribution in [0.25, 0.3) is 55.0 Å². The number of hydrogen-bond donors (Lipinski definition) is 2. The van der Waals surface area contributed by atoms with Crippen LogP contribution in [0.5, 0.6) is 0 Å². The second-order valence-corrected chi connectivity index (χ2v) is 6.57. The van der Waals surface area contributed by atoms with E-state index in [9.17, 15) is 0 Å². The van der Waals surface area contributed by atoms with Crippen molar-refractivity contribution < 1.29 is 0 Å². The summed E-state index contributed by atoms with van der Waals surface area (Å²) < 4.78 is 0. The highest BCUT2D eigenvalue weighted by Gasteiger charge is 2.10. The molecule has 0 unspecified atom stereocenters. The van der Waals surface area contributed by atoms with Gasteiger partial charge in [0, 0.05) is 45.1 Å². The molecule has 2 N–H and O–H groups in total. The maximum Gasteiger partial charge on any atom is 0.0957 e. The summed E-state index contributed by atoms with van der Waals surface area (Å²) in [5.74, 6) is 0. The molecular weight excluding hydrogens is 320 g/mol. The Morgan fingerprint density at radius 3 is 2.46 bits per heavy atom. The van der Waals surface area contributed by atoms with Crippen LogP contribution in [0.15, 0.2) is 73.1 Å². The van der Waals surface area contributed by atoms with E-state index in [0.717, 1.165) is 49.6 Å². The van der Waals surface area contributed by atoms with Crippen molar-refractivity contribution in [3.63, 3.8) is 0 Å². The molecule has 0 bridgehead atoms. The van der Waals surface area contributed by atoms with Crippen LogP contribution in [0, 0.1) is 0 Å². The Hall–Kier alpha value is -3.66. The van der Waals surface area contributed by atoms with Gasteiger partial charge in [-0.1, -0.05) is 24.3 Å².